The van der Waals surface area contributed by atoms with Gasteiger partial charge in [0.15, 0.2) is 0 Å². The molecule has 2 N–H and O–H groups in total. The van der Waals surface area contributed by atoms with Crippen molar-refractivity contribution in [2.24, 2.45) is 0 Å². The van der Waals surface area contributed by atoms with Crippen LogP contribution < -0.4 is 15.4 Å². The summed E-state index contributed by atoms with van der Waals surface area (Å²) in [6.45, 7) is 2.58. The monoisotopic (exact) mass is 386 g/mol. The van der Waals surface area contributed by atoms with Crippen molar-refractivity contribution in [1.29, 1.82) is 0 Å². The standard InChI is InChI=1S/C21H23ClN2O3/c1-3-4-13-23-21(26)18(14-15-9-11-16(22)12-10-15)24-20(25)17-7-5-6-8-19(17)27-2/h5-12,14H,3-4,13H2,1-2H3,(H,23,26)(H,24,25)/b18-14-. The summed E-state index contributed by atoms with van der Waals surface area (Å²) in [5, 5.41) is 6.11. The van der Waals surface area contributed by atoms with Gasteiger partial charge in [0.1, 0.15) is 11.4 Å². The Hall–Kier alpha value is -2.79. The van der Waals surface area contributed by atoms with Gasteiger partial charge in [0, 0.05) is 11.6 Å². The van der Waals surface area contributed by atoms with Crippen molar-refractivity contribution in [3.8, 4) is 5.75 Å². The smallest absolute Gasteiger partial charge is 0.267 e. The van der Waals surface area contributed by atoms with E-state index >= 15 is 0 Å². The molecule has 0 fully saturated rings. The number of nitrogens with one attached hydrogen (secondary N) is 2. The lowest BCUT2D eigenvalue weighted by molar-refractivity contribution is -0.117. The van der Waals surface area contributed by atoms with Crippen molar-refractivity contribution in [3.05, 3.63) is 70.4 Å². The van der Waals surface area contributed by atoms with Crippen LogP contribution in [0, 0.1) is 0 Å². The Kier molecular flexibility index (Phi) is 7.89. The molecular weight excluding hydrogens is 364 g/mol. The van der Waals surface area contributed by atoms with Gasteiger partial charge in [-0.2, -0.15) is 0 Å². The zero-order valence-electron chi connectivity index (χ0n) is 15.4. The van der Waals surface area contributed by atoms with E-state index in [2.05, 4.69) is 10.6 Å². The van der Waals surface area contributed by atoms with Crippen LogP contribution in [0.2, 0.25) is 5.02 Å². The molecule has 0 unspecified atom stereocenters. The fourth-order valence-electron chi connectivity index (χ4n) is 2.38. The van der Waals surface area contributed by atoms with Gasteiger partial charge in [0.05, 0.1) is 12.7 Å². The van der Waals surface area contributed by atoms with Crippen LogP contribution in [0.1, 0.15) is 35.7 Å². The normalized spacial score (nSPS) is 11.0. The first-order chi connectivity index (χ1) is 13.0. The number of carbonyl (C=O) groups excluding carboxylic acids is 2. The molecular formula is C21H23ClN2O3. The van der Waals surface area contributed by atoms with E-state index in [4.69, 9.17) is 16.3 Å². The summed E-state index contributed by atoms with van der Waals surface area (Å²) >= 11 is 5.91. The lowest BCUT2D eigenvalue weighted by Gasteiger charge is -2.12. The highest BCUT2D eigenvalue weighted by Gasteiger charge is 2.17. The molecule has 0 spiro atoms. The minimum Gasteiger partial charge on any atom is -0.496 e. The topological polar surface area (TPSA) is 67.4 Å². The Morgan fingerprint density at radius 2 is 1.81 bits per heavy atom. The van der Waals surface area contributed by atoms with Crippen LogP contribution in [0.5, 0.6) is 5.75 Å². The number of ether oxygens (including phenoxy) is 1. The van der Waals surface area contributed by atoms with E-state index in [-0.39, 0.29) is 11.6 Å². The van der Waals surface area contributed by atoms with Crippen LogP contribution in [0.3, 0.4) is 0 Å². The summed E-state index contributed by atoms with van der Waals surface area (Å²) in [5.41, 5.74) is 1.26. The Bertz CT molecular complexity index is 816. The molecule has 0 heterocycles. The summed E-state index contributed by atoms with van der Waals surface area (Å²) in [7, 11) is 1.49. The summed E-state index contributed by atoms with van der Waals surface area (Å²) in [6.07, 6.45) is 3.44. The molecule has 2 rings (SSSR count). The molecule has 0 radical (unpaired) electrons. The molecule has 2 amide bonds. The van der Waals surface area contributed by atoms with Gasteiger partial charge in [0.2, 0.25) is 0 Å². The van der Waals surface area contributed by atoms with Crippen LogP contribution in [-0.2, 0) is 4.79 Å². The molecule has 0 aliphatic carbocycles. The van der Waals surface area contributed by atoms with Crippen molar-refractivity contribution in [2.45, 2.75) is 19.8 Å². The predicted molar refractivity (Wildman–Crippen MR) is 108 cm³/mol. The fourth-order valence-corrected chi connectivity index (χ4v) is 2.51. The Labute approximate surface area is 164 Å². The second-order valence-electron chi connectivity index (χ2n) is 5.87. The van der Waals surface area contributed by atoms with Crippen LogP contribution >= 0.6 is 11.6 Å². The third-order valence-electron chi connectivity index (χ3n) is 3.84. The van der Waals surface area contributed by atoms with E-state index in [1.54, 1.807) is 54.6 Å². The predicted octanol–water partition coefficient (Wildman–Crippen LogP) is 4.04. The Balaban J connectivity index is 2.27. The molecule has 0 atom stereocenters. The quantitative estimate of drug-likeness (QED) is 0.531. The van der Waals surface area contributed by atoms with Crippen molar-refractivity contribution in [2.75, 3.05) is 13.7 Å². The number of halogens is 1. The summed E-state index contributed by atoms with van der Waals surface area (Å²) in [4.78, 5) is 25.2. The molecule has 0 saturated carbocycles. The average molecular weight is 387 g/mol. The first-order valence-corrected chi connectivity index (χ1v) is 9.12. The molecule has 0 saturated heterocycles. The van der Waals surface area contributed by atoms with Crippen molar-refractivity contribution in [3.63, 3.8) is 0 Å². The van der Waals surface area contributed by atoms with Gasteiger partial charge in [-0.3, -0.25) is 9.59 Å². The van der Waals surface area contributed by atoms with E-state index in [1.807, 2.05) is 6.92 Å². The third kappa shape index (κ3) is 6.15. The van der Waals surface area contributed by atoms with Crippen molar-refractivity contribution < 1.29 is 14.3 Å². The maximum absolute atomic E-state index is 12.7. The summed E-state index contributed by atoms with van der Waals surface area (Å²) < 4.78 is 5.22. The van der Waals surface area contributed by atoms with Crippen LogP contribution in [-0.4, -0.2) is 25.5 Å². The minimum absolute atomic E-state index is 0.157. The summed E-state index contributed by atoms with van der Waals surface area (Å²) in [6, 6.07) is 13.8. The highest BCUT2D eigenvalue weighted by Crippen LogP contribution is 2.18. The fraction of sp³-hybridized carbons (Fsp3) is 0.238. The summed E-state index contributed by atoms with van der Waals surface area (Å²) in [5.74, 6) is -0.327. The molecule has 0 bridgehead atoms. The van der Waals surface area contributed by atoms with Crippen molar-refractivity contribution in [1.82, 2.24) is 10.6 Å². The number of benzene rings is 2. The van der Waals surface area contributed by atoms with Gasteiger partial charge in [-0.25, -0.2) is 0 Å². The van der Waals surface area contributed by atoms with Gasteiger partial charge in [-0.1, -0.05) is 49.2 Å². The lowest BCUT2D eigenvalue weighted by atomic mass is 10.1. The lowest BCUT2D eigenvalue weighted by Crippen LogP contribution is -2.35. The zero-order valence-corrected chi connectivity index (χ0v) is 16.2. The van der Waals surface area contributed by atoms with Crippen LogP contribution in [0.4, 0.5) is 0 Å². The van der Waals surface area contributed by atoms with E-state index in [1.165, 1.54) is 7.11 Å². The SMILES string of the molecule is CCCCNC(=O)/C(=C/c1ccc(Cl)cc1)NC(=O)c1ccccc1OC. The van der Waals surface area contributed by atoms with Crippen LogP contribution in [0.15, 0.2) is 54.2 Å². The largest absolute Gasteiger partial charge is 0.496 e. The highest BCUT2D eigenvalue weighted by atomic mass is 35.5. The zero-order chi connectivity index (χ0) is 19.6. The number of para-hydroxylation sites is 1. The van der Waals surface area contributed by atoms with Gasteiger partial charge < -0.3 is 15.4 Å². The molecule has 0 aliphatic heterocycles. The maximum atomic E-state index is 12.7. The third-order valence-corrected chi connectivity index (χ3v) is 4.09. The number of rotatable bonds is 8. The molecule has 5 nitrogen and oxygen atoms in total. The van der Waals surface area contributed by atoms with E-state index in [0.717, 1.165) is 18.4 Å². The molecule has 2 aromatic rings. The van der Waals surface area contributed by atoms with E-state index in [0.29, 0.717) is 22.9 Å². The van der Waals surface area contributed by atoms with Crippen LogP contribution in [0.25, 0.3) is 6.08 Å². The second kappa shape index (κ2) is 10.4. The molecule has 2 aromatic carbocycles. The number of methoxy groups -OCH3 is 1. The molecule has 6 heteroatoms. The average Bonchev–Trinajstić information content (AvgIpc) is 2.69. The Morgan fingerprint density at radius 1 is 1.11 bits per heavy atom. The maximum Gasteiger partial charge on any atom is 0.267 e. The van der Waals surface area contributed by atoms with Gasteiger partial charge in [-0.15, -0.1) is 0 Å². The first kappa shape index (κ1) is 20.5. The van der Waals surface area contributed by atoms with E-state index in [9.17, 15) is 9.59 Å². The Morgan fingerprint density at radius 3 is 2.48 bits per heavy atom. The number of carbonyl (C=O) groups is 2. The minimum atomic E-state index is -0.418. The molecule has 142 valence electrons. The van der Waals surface area contributed by atoms with Gasteiger partial charge >= 0.3 is 0 Å². The number of unbranched alkanes of at least 4 members (excludes halogenated alkanes) is 1. The van der Waals surface area contributed by atoms with E-state index < -0.39 is 5.91 Å². The number of hydrogen-bond donors (Lipinski definition) is 2. The first-order valence-electron chi connectivity index (χ1n) is 8.75. The van der Waals surface area contributed by atoms with Crippen molar-refractivity contribution >= 4 is 29.5 Å². The number of hydrogen-bond acceptors (Lipinski definition) is 3. The number of amides is 2. The molecule has 27 heavy (non-hydrogen) atoms. The molecule has 0 aromatic heterocycles. The van der Waals surface area contributed by atoms with Gasteiger partial charge in [0.25, 0.3) is 11.8 Å². The second-order valence-corrected chi connectivity index (χ2v) is 6.31. The molecule has 0 aliphatic rings. The van der Waals surface area contributed by atoms with Gasteiger partial charge in [-0.05, 0) is 42.3 Å². The highest BCUT2D eigenvalue weighted by molar-refractivity contribution is 6.30.